The molecular formula is C19H26N4O3. The fraction of sp³-hybridized carbons (Fsp3) is 0.526. The maximum absolute atomic E-state index is 12.7. The number of ether oxygens (including phenoxy) is 1. The zero-order chi connectivity index (χ0) is 18.5. The lowest BCUT2D eigenvalue weighted by atomic mass is 10.1. The molecule has 1 aliphatic rings. The Hall–Kier alpha value is -2.25. The van der Waals surface area contributed by atoms with E-state index < -0.39 is 0 Å². The van der Waals surface area contributed by atoms with Crippen LogP contribution < -0.4 is 10.9 Å². The quantitative estimate of drug-likeness (QED) is 0.791. The van der Waals surface area contributed by atoms with Crippen LogP contribution in [0.1, 0.15) is 36.8 Å². The molecule has 1 aromatic heterocycles. The van der Waals surface area contributed by atoms with Gasteiger partial charge in [-0.3, -0.25) is 14.5 Å². The number of nitrogens with one attached hydrogen (secondary N) is 1. The number of amides is 1. The first-order valence-electron chi connectivity index (χ1n) is 9.18. The van der Waals surface area contributed by atoms with Crippen LogP contribution >= 0.6 is 0 Å². The van der Waals surface area contributed by atoms with Gasteiger partial charge >= 0.3 is 0 Å². The van der Waals surface area contributed by atoms with Crippen molar-refractivity contribution in [2.24, 2.45) is 0 Å². The van der Waals surface area contributed by atoms with Crippen LogP contribution in [0.25, 0.3) is 10.8 Å². The van der Waals surface area contributed by atoms with Gasteiger partial charge in [-0.2, -0.15) is 5.10 Å². The van der Waals surface area contributed by atoms with Gasteiger partial charge in [-0.1, -0.05) is 18.2 Å². The average Bonchev–Trinajstić information content (AvgIpc) is 2.66. The van der Waals surface area contributed by atoms with E-state index in [2.05, 4.69) is 15.3 Å². The SMILES string of the molecule is CC(C)n1nc(C(=O)NCCCN2CCOCC2)c2ccccc2c1=O. The van der Waals surface area contributed by atoms with Gasteiger partial charge in [0.2, 0.25) is 0 Å². The second-order valence-corrected chi connectivity index (χ2v) is 6.80. The summed E-state index contributed by atoms with van der Waals surface area (Å²) in [5.41, 5.74) is 0.139. The molecule has 1 aliphatic heterocycles. The molecule has 1 fully saturated rings. The molecule has 2 heterocycles. The second-order valence-electron chi connectivity index (χ2n) is 6.80. The van der Waals surface area contributed by atoms with E-state index in [9.17, 15) is 9.59 Å². The van der Waals surface area contributed by atoms with Gasteiger partial charge in [0, 0.05) is 25.0 Å². The molecule has 140 valence electrons. The number of fused-ring (bicyclic) bond motifs is 1. The van der Waals surface area contributed by atoms with E-state index in [1.807, 2.05) is 19.9 Å². The smallest absolute Gasteiger partial charge is 0.274 e. The van der Waals surface area contributed by atoms with Crippen molar-refractivity contribution in [3.63, 3.8) is 0 Å². The molecule has 0 saturated carbocycles. The fourth-order valence-corrected chi connectivity index (χ4v) is 3.14. The van der Waals surface area contributed by atoms with Gasteiger partial charge in [0.1, 0.15) is 0 Å². The molecule has 0 spiro atoms. The largest absolute Gasteiger partial charge is 0.379 e. The predicted octanol–water partition coefficient (Wildman–Crippen LogP) is 1.43. The number of rotatable bonds is 6. The Labute approximate surface area is 152 Å². The molecule has 26 heavy (non-hydrogen) atoms. The van der Waals surface area contributed by atoms with Crippen molar-refractivity contribution >= 4 is 16.7 Å². The Balaban J connectivity index is 1.71. The van der Waals surface area contributed by atoms with Crippen molar-refractivity contribution in [3.05, 3.63) is 40.3 Å². The van der Waals surface area contributed by atoms with Crippen LogP contribution in [-0.4, -0.2) is 60.0 Å². The lowest BCUT2D eigenvalue weighted by Crippen LogP contribution is -2.38. The van der Waals surface area contributed by atoms with Gasteiger partial charge in [-0.05, 0) is 32.9 Å². The van der Waals surface area contributed by atoms with Crippen molar-refractivity contribution in [3.8, 4) is 0 Å². The van der Waals surface area contributed by atoms with Crippen LogP contribution in [0.2, 0.25) is 0 Å². The summed E-state index contributed by atoms with van der Waals surface area (Å²) in [5.74, 6) is -0.238. The van der Waals surface area contributed by atoms with Crippen molar-refractivity contribution in [1.82, 2.24) is 20.0 Å². The van der Waals surface area contributed by atoms with Crippen LogP contribution in [0, 0.1) is 0 Å². The summed E-state index contributed by atoms with van der Waals surface area (Å²) < 4.78 is 6.72. The third-order valence-electron chi connectivity index (χ3n) is 4.57. The molecule has 7 heteroatoms. The predicted molar refractivity (Wildman–Crippen MR) is 101 cm³/mol. The molecule has 1 amide bonds. The fourth-order valence-electron chi connectivity index (χ4n) is 3.14. The molecular weight excluding hydrogens is 332 g/mol. The number of carbonyl (C=O) groups is 1. The first kappa shape index (κ1) is 18.5. The van der Waals surface area contributed by atoms with Crippen LogP contribution in [0.5, 0.6) is 0 Å². The molecule has 3 rings (SSSR count). The maximum Gasteiger partial charge on any atom is 0.274 e. The maximum atomic E-state index is 12.7. The zero-order valence-corrected chi connectivity index (χ0v) is 15.4. The summed E-state index contributed by atoms with van der Waals surface area (Å²) in [7, 11) is 0. The highest BCUT2D eigenvalue weighted by Crippen LogP contribution is 2.14. The summed E-state index contributed by atoms with van der Waals surface area (Å²) in [6, 6.07) is 7.03. The van der Waals surface area contributed by atoms with Crippen LogP contribution in [-0.2, 0) is 4.74 Å². The number of morpholine rings is 1. The molecule has 1 saturated heterocycles. The highest BCUT2D eigenvalue weighted by atomic mass is 16.5. The molecule has 7 nitrogen and oxygen atoms in total. The molecule has 1 aromatic carbocycles. The molecule has 0 aliphatic carbocycles. The van der Waals surface area contributed by atoms with E-state index in [1.165, 1.54) is 4.68 Å². The minimum atomic E-state index is -0.238. The van der Waals surface area contributed by atoms with Gasteiger partial charge in [0.25, 0.3) is 11.5 Å². The molecule has 1 N–H and O–H groups in total. The summed E-state index contributed by atoms with van der Waals surface area (Å²) >= 11 is 0. The number of hydrogen-bond donors (Lipinski definition) is 1. The van der Waals surface area contributed by atoms with Crippen LogP contribution in [0.4, 0.5) is 0 Å². The topological polar surface area (TPSA) is 76.5 Å². The lowest BCUT2D eigenvalue weighted by molar-refractivity contribution is 0.0374. The van der Waals surface area contributed by atoms with Gasteiger partial charge in [0.05, 0.1) is 24.6 Å². The number of hydrogen-bond acceptors (Lipinski definition) is 5. The summed E-state index contributed by atoms with van der Waals surface area (Å²) in [6.07, 6.45) is 0.869. The van der Waals surface area contributed by atoms with E-state index in [0.29, 0.717) is 23.0 Å². The number of nitrogens with zero attached hydrogens (tertiary/aromatic N) is 3. The summed E-state index contributed by atoms with van der Waals surface area (Å²) in [4.78, 5) is 27.5. The van der Waals surface area contributed by atoms with Gasteiger partial charge < -0.3 is 10.1 Å². The Bertz CT molecular complexity index is 825. The van der Waals surface area contributed by atoms with Crippen molar-refractivity contribution < 1.29 is 9.53 Å². The Morgan fingerprint density at radius 2 is 1.92 bits per heavy atom. The standard InChI is InChI=1S/C19H26N4O3/c1-14(2)23-19(25)16-7-4-3-6-15(16)17(21-23)18(24)20-8-5-9-22-10-12-26-13-11-22/h3-4,6-7,14H,5,8-13H2,1-2H3,(H,20,24). The summed E-state index contributed by atoms with van der Waals surface area (Å²) in [5, 5.41) is 8.40. The molecule has 0 atom stereocenters. The van der Waals surface area contributed by atoms with E-state index in [1.54, 1.807) is 18.2 Å². The number of carbonyl (C=O) groups excluding carboxylic acids is 1. The Morgan fingerprint density at radius 1 is 1.23 bits per heavy atom. The van der Waals surface area contributed by atoms with Crippen molar-refractivity contribution in [2.45, 2.75) is 26.3 Å². The Morgan fingerprint density at radius 3 is 2.62 bits per heavy atom. The average molecular weight is 358 g/mol. The highest BCUT2D eigenvalue weighted by molar-refractivity contribution is 6.04. The zero-order valence-electron chi connectivity index (χ0n) is 15.4. The third-order valence-corrected chi connectivity index (χ3v) is 4.57. The van der Waals surface area contributed by atoms with E-state index >= 15 is 0 Å². The minimum Gasteiger partial charge on any atom is -0.379 e. The van der Waals surface area contributed by atoms with Gasteiger partial charge in [0.15, 0.2) is 5.69 Å². The minimum absolute atomic E-state index is 0.111. The number of benzene rings is 1. The van der Waals surface area contributed by atoms with Crippen molar-refractivity contribution in [2.75, 3.05) is 39.4 Å². The summed E-state index contributed by atoms with van der Waals surface area (Å²) in [6.45, 7) is 8.72. The van der Waals surface area contributed by atoms with Crippen LogP contribution in [0.3, 0.4) is 0 Å². The molecule has 0 unspecified atom stereocenters. The first-order valence-corrected chi connectivity index (χ1v) is 9.18. The Kier molecular flexibility index (Phi) is 6.00. The molecule has 0 bridgehead atoms. The highest BCUT2D eigenvalue weighted by Gasteiger charge is 2.17. The normalized spacial score (nSPS) is 15.5. The lowest BCUT2D eigenvalue weighted by Gasteiger charge is -2.26. The van der Waals surface area contributed by atoms with Gasteiger partial charge in [-0.15, -0.1) is 0 Å². The van der Waals surface area contributed by atoms with Crippen LogP contribution in [0.15, 0.2) is 29.1 Å². The first-order chi connectivity index (χ1) is 12.6. The second kappa shape index (κ2) is 8.42. The van der Waals surface area contributed by atoms with Crippen molar-refractivity contribution in [1.29, 1.82) is 0 Å². The monoisotopic (exact) mass is 358 g/mol. The van der Waals surface area contributed by atoms with E-state index in [-0.39, 0.29) is 17.5 Å². The molecule has 2 aromatic rings. The molecule has 0 radical (unpaired) electrons. The number of aromatic nitrogens is 2. The van der Waals surface area contributed by atoms with E-state index in [0.717, 1.165) is 39.3 Å². The third kappa shape index (κ3) is 4.11. The van der Waals surface area contributed by atoms with Gasteiger partial charge in [-0.25, -0.2) is 4.68 Å². The van der Waals surface area contributed by atoms with E-state index in [4.69, 9.17) is 4.74 Å².